The summed E-state index contributed by atoms with van der Waals surface area (Å²) >= 11 is 0. The lowest BCUT2D eigenvalue weighted by Crippen LogP contribution is -2.27. The van der Waals surface area contributed by atoms with Crippen molar-refractivity contribution in [1.29, 1.82) is 0 Å². The lowest BCUT2D eigenvalue weighted by Gasteiger charge is -2.17. The summed E-state index contributed by atoms with van der Waals surface area (Å²) in [7, 11) is 1.68. The highest BCUT2D eigenvalue weighted by Gasteiger charge is 2.17. The monoisotopic (exact) mass is 359 g/mol. The first-order valence-corrected chi connectivity index (χ1v) is 8.64. The van der Waals surface area contributed by atoms with Crippen molar-refractivity contribution in [2.45, 2.75) is 13.8 Å². The van der Waals surface area contributed by atoms with Crippen LogP contribution in [-0.4, -0.2) is 23.8 Å². The molecule has 0 bridgehead atoms. The van der Waals surface area contributed by atoms with E-state index in [0.29, 0.717) is 5.56 Å². The quantitative estimate of drug-likeness (QED) is 0.758. The third-order valence-electron chi connectivity index (χ3n) is 4.54. The Balaban J connectivity index is 1.81. The van der Waals surface area contributed by atoms with E-state index in [-0.39, 0.29) is 17.5 Å². The zero-order chi connectivity index (χ0) is 19.4. The predicted octanol–water partition coefficient (Wildman–Crippen LogP) is 4.23. The number of aromatic nitrogens is 1. The van der Waals surface area contributed by atoms with Crippen LogP contribution in [0.1, 0.15) is 32.0 Å². The first kappa shape index (κ1) is 18.3. The van der Waals surface area contributed by atoms with Gasteiger partial charge in [-0.25, -0.2) is 0 Å². The van der Waals surface area contributed by atoms with Gasteiger partial charge < -0.3 is 10.2 Å². The third kappa shape index (κ3) is 4.03. The normalized spacial score (nSPS) is 10.3. The molecule has 0 radical (unpaired) electrons. The Morgan fingerprint density at radius 2 is 1.70 bits per heavy atom. The van der Waals surface area contributed by atoms with Crippen molar-refractivity contribution in [2.75, 3.05) is 17.3 Å². The fraction of sp³-hybridized carbons (Fsp3) is 0.136. The molecule has 3 aromatic rings. The Bertz CT molecular complexity index is 984. The maximum Gasteiger partial charge on any atom is 0.276 e. The molecule has 3 rings (SSSR count). The van der Waals surface area contributed by atoms with Gasteiger partial charge in [0.15, 0.2) is 0 Å². The summed E-state index contributed by atoms with van der Waals surface area (Å²) in [4.78, 5) is 31.0. The Morgan fingerprint density at radius 1 is 0.963 bits per heavy atom. The first-order chi connectivity index (χ1) is 13.0. The third-order valence-corrected chi connectivity index (χ3v) is 4.54. The van der Waals surface area contributed by atoms with Crippen molar-refractivity contribution >= 4 is 23.2 Å². The lowest BCUT2D eigenvalue weighted by atomic mass is 10.1. The Morgan fingerprint density at radius 3 is 2.44 bits per heavy atom. The number of nitrogens with zero attached hydrogens (tertiary/aromatic N) is 2. The van der Waals surface area contributed by atoms with Gasteiger partial charge in [-0.05, 0) is 55.3 Å². The molecule has 0 unspecified atom stereocenters. The molecular formula is C22H21N3O2. The smallest absolute Gasteiger partial charge is 0.276 e. The molecule has 0 spiro atoms. The number of nitrogens with one attached hydrogen (secondary N) is 1. The SMILES string of the molecule is Cc1cccc(NC(=O)c2ccnc(C(=O)N(C)c3ccccc3)c2)c1C. The van der Waals surface area contributed by atoms with E-state index in [2.05, 4.69) is 10.3 Å². The van der Waals surface area contributed by atoms with Crippen LogP contribution in [0, 0.1) is 13.8 Å². The summed E-state index contributed by atoms with van der Waals surface area (Å²) < 4.78 is 0. The van der Waals surface area contributed by atoms with E-state index < -0.39 is 0 Å². The van der Waals surface area contributed by atoms with Crippen LogP contribution in [0.2, 0.25) is 0 Å². The number of carbonyl (C=O) groups excluding carboxylic acids is 2. The maximum atomic E-state index is 12.7. The molecular weight excluding hydrogens is 338 g/mol. The van der Waals surface area contributed by atoms with Crippen molar-refractivity contribution in [2.24, 2.45) is 0 Å². The molecule has 0 aliphatic rings. The second kappa shape index (κ2) is 7.83. The molecule has 0 aliphatic carbocycles. The van der Waals surface area contributed by atoms with Crippen molar-refractivity contribution in [3.8, 4) is 0 Å². The highest BCUT2D eigenvalue weighted by atomic mass is 16.2. The number of carbonyl (C=O) groups is 2. The van der Waals surface area contributed by atoms with Crippen molar-refractivity contribution < 1.29 is 9.59 Å². The van der Waals surface area contributed by atoms with E-state index in [4.69, 9.17) is 0 Å². The molecule has 5 heteroatoms. The molecule has 136 valence electrons. The van der Waals surface area contributed by atoms with Gasteiger partial charge in [0.25, 0.3) is 11.8 Å². The van der Waals surface area contributed by atoms with E-state index in [0.717, 1.165) is 22.5 Å². The van der Waals surface area contributed by atoms with Gasteiger partial charge >= 0.3 is 0 Å². The number of hydrogen-bond donors (Lipinski definition) is 1. The fourth-order valence-electron chi connectivity index (χ4n) is 2.71. The van der Waals surface area contributed by atoms with Crippen LogP contribution in [0.3, 0.4) is 0 Å². The first-order valence-electron chi connectivity index (χ1n) is 8.64. The van der Waals surface area contributed by atoms with Gasteiger partial charge in [0.1, 0.15) is 5.69 Å². The van der Waals surface area contributed by atoms with E-state index in [1.807, 2.05) is 62.4 Å². The largest absolute Gasteiger partial charge is 0.322 e. The van der Waals surface area contributed by atoms with Crippen molar-refractivity contribution in [3.63, 3.8) is 0 Å². The molecule has 0 fully saturated rings. The standard InChI is InChI=1S/C22H21N3O2/c1-15-8-7-11-19(16(15)2)24-21(26)17-12-13-23-20(14-17)22(27)25(3)18-9-5-4-6-10-18/h4-14H,1-3H3,(H,24,26). The molecule has 2 amide bonds. The van der Waals surface area contributed by atoms with E-state index in [9.17, 15) is 9.59 Å². The summed E-state index contributed by atoms with van der Waals surface area (Å²) in [6, 6.07) is 18.2. The van der Waals surface area contributed by atoms with Crippen LogP contribution >= 0.6 is 0 Å². The number of hydrogen-bond acceptors (Lipinski definition) is 3. The second-order valence-electron chi connectivity index (χ2n) is 6.33. The number of aryl methyl sites for hydroxylation is 1. The highest BCUT2D eigenvalue weighted by molar-refractivity contribution is 6.08. The molecule has 1 heterocycles. The fourth-order valence-corrected chi connectivity index (χ4v) is 2.71. The molecule has 0 atom stereocenters. The number of anilines is 2. The lowest BCUT2D eigenvalue weighted by molar-refractivity contribution is 0.0988. The minimum Gasteiger partial charge on any atom is -0.322 e. The highest BCUT2D eigenvalue weighted by Crippen LogP contribution is 2.19. The molecule has 0 saturated heterocycles. The van der Waals surface area contributed by atoms with Crippen LogP contribution < -0.4 is 10.2 Å². The van der Waals surface area contributed by atoms with Gasteiger partial charge in [-0.2, -0.15) is 0 Å². The Labute approximate surface area is 158 Å². The van der Waals surface area contributed by atoms with Gasteiger partial charge in [0.2, 0.25) is 0 Å². The summed E-state index contributed by atoms with van der Waals surface area (Å²) in [5, 5.41) is 2.90. The number of rotatable bonds is 4. The van der Waals surface area contributed by atoms with Gasteiger partial charge in [-0.3, -0.25) is 14.6 Å². The van der Waals surface area contributed by atoms with Gasteiger partial charge in [0, 0.05) is 30.2 Å². The van der Waals surface area contributed by atoms with Crippen LogP contribution in [0.25, 0.3) is 0 Å². The van der Waals surface area contributed by atoms with Gasteiger partial charge in [0.05, 0.1) is 0 Å². The van der Waals surface area contributed by atoms with E-state index in [1.54, 1.807) is 13.1 Å². The topological polar surface area (TPSA) is 62.3 Å². The molecule has 27 heavy (non-hydrogen) atoms. The van der Waals surface area contributed by atoms with Crippen molar-refractivity contribution in [1.82, 2.24) is 4.98 Å². The number of amides is 2. The van der Waals surface area contributed by atoms with Gasteiger partial charge in [-0.1, -0.05) is 30.3 Å². The summed E-state index contributed by atoms with van der Waals surface area (Å²) in [5.74, 6) is -0.551. The number of pyridine rings is 1. The molecule has 0 aliphatic heterocycles. The second-order valence-corrected chi connectivity index (χ2v) is 6.33. The number of para-hydroxylation sites is 1. The predicted molar refractivity (Wildman–Crippen MR) is 107 cm³/mol. The molecule has 5 nitrogen and oxygen atoms in total. The summed E-state index contributed by atoms with van der Waals surface area (Å²) in [5.41, 5.74) is 4.23. The Kier molecular flexibility index (Phi) is 5.31. The average molecular weight is 359 g/mol. The van der Waals surface area contributed by atoms with Crippen LogP contribution in [0.4, 0.5) is 11.4 Å². The van der Waals surface area contributed by atoms with E-state index in [1.165, 1.54) is 17.2 Å². The van der Waals surface area contributed by atoms with Crippen molar-refractivity contribution in [3.05, 3.63) is 89.2 Å². The summed E-state index contributed by atoms with van der Waals surface area (Å²) in [6.45, 7) is 3.95. The molecule has 2 aromatic carbocycles. The van der Waals surface area contributed by atoms with Crippen LogP contribution in [-0.2, 0) is 0 Å². The molecule has 1 N–H and O–H groups in total. The minimum absolute atomic E-state index is 0.218. The molecule has 1 aromatic heterocycles. The minimum atomic E-state index is -0.275. The van der Waals surface area contributed by atoms with Crippen LogP contribution in [0.5, 0.6) is 0 Å². The van der Waals surface area contributed by atoms with Crippen LogP contribution in [0.15, 0.2) is 66.9 Å². The summed E-state index contributed by atoms with van der Waals surface area (Å²) in [6.07, 6.45) is 1.48. The average Bonchev–Trinajstić information content (AvgIpc) is 2.71. The van der Waals surface area contributed by atoms with E-state index >= 15 is 0 Å². The number of benzene rings is 2. The zero-order valence-electron chi connectivity index (χ0n) is 15.6. The van der Waals surface area contributed by atoms with Gasteiger partial charge in [-0.15, -0.1) is 0 Å². The molecule has 0 saturated carbocycles. The zero-order valence-corrected chi connectivity index (χ0v) is 15.6. The Hall–Kier alpha value is -3.47. The maximum absolute atomic E-state index is 12.7.